The molecule has 1 nitrogen and oxygen atoms in total. The van der Waals surface area contributed by atoms with Crippen molar-refractivity contribution in [3.05, 3.63) is 67.9 Å². The average molecular weight is 401 g/mol. The van der Waals surface area contributed by atoms with Crippen LogP contribution in [-0.2, 0) is 6.42 Å². The smallest absolute Gasteiger partial charge is 0.137 e. The Kier molecular flexibility index (Phi) is 5.35. The fourth-order valence-corrected chi connectivity index (χ4v) is 3.20. The molecule has 0 aromatic heterocycles. The van der Waals surface area contributed by atoms with Gasteiger partial charge in [0.15, 0.2) is 0 Å². The van der Waals surface area contributed by atoms with Crippen molar-refractivity contribution in [2.75, 3.05) is 7.05 Å². The van der Waals surface area contributed by atoms with E-state index < -0.39 is 0 Å². The number of halogens is 3. The SMILES string of the molecule is CNC(Cc1cccc(F)c1Br)c1cccc(C)c1Br. The van der Waals surface area contributed by atoms with Crippen LogP contribution in [0.15, 0.2) is 45.3 Å². The van der Waals surface area contributed by atoms with Crippen LogP contribution in [-0.4, -0.2) is 7.05 Å². The van der Waals surface area contributed by atoms with Gasteiger partial charge in [-0.1, -0.05) is 46.3 Å². The highest BCUT2D eigenvalue weighted by Gasteiger charge is 2.16. The van der Waals surface area contributed by atoms with E-state index in [0.29, 0.717) is 4.47 Å². The molecule has 20 heavy (non-hydrogen) atoms. The van der Waals surface area contributed by atoms with Crippen molar-refractivity contribution in [1.29, 1.82) is 0 Å². The Labute approximate surface area is 135 Å². The molecule has 0 saturated carbocycles. The Balaban J connectivity index is 2.34. The van der Waals surface area contributed by atoms with Crippen LogP contribution in [0.1, 0.15) is 22.7 Å². The summed E-state index contributed by atoms with van der Waals surface area (Å²) in [5.41, 5.74) is 3.34. The van der Waals surface area contributed by atoms with Crippen LogP contribution in [0.3, 0.4) is 0 Å². The molecule has 1 N–H and O–H groups in total. The molecule has 0 aliphatic heterocycles. The van der Waals surface area contributed by atoms with Gasteiger partial charge in [-0.15, -0.1) is 0 Å². The summed E-state index contributed by atoms with van der Waals surface area (Å²) in [6, 6.07) is 11.5. The zero-order valence-corrected chi connectivity index (χ0v) is 14.6. The molecule has 0 spiro atoms. The fraction of sp³-hybridized carbons (Fsp3) is 0.250. The zero-order valence-electron chi connectivity index (χ0n) is 11.4. The maximum absolute atomic E-state index is 13.6. The van der Waals surface area contributed by atoms with E-state index in [-0.39, 0.29) is 11.9 Å². The zero-order chi connectivity index (χ0) is 14.7. The highest BCUT2D eigenvalue weighted by Crippen LogP contribution is 2.31. The lowest BCUT2D eigenvalue weighted by Crippen LogP contribution is -2.20. The molecule has 0 radical (unpaired) electrons. The molecule has 0 heterocycles. The summed E-state index contributed by atoms with van der Waals surface area (Å²) in [6.07, 6.45) is 0.719. The summed E-state index contributed by atoms with van der Waals surface area (Å²) in [5, 5.41) is 3.31. The standard InChI is InChI=1S/C16H16Br2FN/c1-10-5-3-7-12(15(10)17)14(20-2)9-11-6-4-8-13(19)16(11)18/h3-8,14,20H,9H2,1-2H3. The molecule has 0 bridgehead atoms. The molecule has 0 aliphatic carbocycles. The maximum atomic E-state index is 13.6. The quantitative estimate of drug-likeness (QED) is 0.747. The van der Waals surface area contributed by atoms with E-state index in [0.717, 1.165) is 16.5 Å². The monoisotopic (exact) mass is 399 g/mol. The predicted molar refractivity (Wildman–Crippen MR) is 88.5 cm³/mol. The third-order valence-electron chi connectivity index (χ3n) is 3.40. The third-order valence-corrected chi connectivity index (χ3v) is 5.37. The normalized spacial score (nSPS) is 12.4. The molecule has 0 fully saturated rings. The number of rotatable bonds is 4. The summed E-state index contributed by atoms with van der Waals surface area (Å²) in [4.78, 5) is 0. The number of hydrogen-bond acceptors (Lipinski definition) is 1. The first-order valence-corrected chi connectivity index (χ1v) is 7.98. The molecule has 4 heteroatoms. The first-order valence-electron chi connectivity index (χ1n) is 6.39. The first kappa shape index (κ1) is 15.7. The van der Waals surface area contributed by atoms with Crippen molar-refractivity contribution in [2.24, 2.45) is 0 Å². The Bertz CT molecular complexity index is 613. The van der Waals surface area contributed by atoms with Crippen LogP contribution in [0, 0.1) is 12.7 Å². The molecule has 0 aliphatic rings. The summed E-state index contributed by atoms with van der Waals surface area (Å²) >= 11 is 6.97. The van der Waals surface area contributed by atoms with E-state index in [1.54, 1.807) is 6.07 Å². The average Bonchev–Trinajstić information content (AvgIpc) is 2.44. The van der Waals surface area contributed by atoms with Gasteiger partial charge in [0.05, 0.1) is 4.47 Å². The molecule has 1 atom stereocenters. The minimum absolute atomic E-state index is 0.127. The van der Waals surface area contributed by atoms with Crippen molar-refractivity contribution in [3.63, 3.8) is 0 Å². The van der Waals surface area contributed by atoms with Crippen LogP contribution < -0.4 is 5.32 Å². The van der Waals surface area contributed by atoms with Crippen molar-refractivity contribution >= 4 is 31.9 Å². The number of nitrogens with one attached hydrogen (secondary N) is 1. The van der Waals surface area contributed by atoms with Gasteiger partial charge in [-0.2, -0.15) is 0 Å². The van der Waals surface area contributed by atoms with E-state index in [2.05, 4.69) is 56.2 Å². The van der Waals surface area contributed by atoms with Crippen LogP contribution >= 0.6 is 31.9 Å². The van der Waals surface area contributed by atoms with E-state index in [4.69, 9.17) is 0 Å². The first-order chi connectivity index (χ1) is 9.54. The van der Waals surface area contributed by atoms with Crippen molar-refractivity contribution < 1.29 is 4.39 Å². The van der Waals surface area contributed by atoms with Crippen LogP contribution in [0.25, 0.3) is 0 Å². The number of benzene rings is 2. The van der Waals surface area contributed by atoms with E-state index in [9.17, 15) is 4.39 Å². The lowest BCUT2D eigenvalue weighted by Gasteiger charge is -2.20. The highest BCUT2D eigenvalue weighted by atomic mass is 79.9. The van der Waals surface area contributed by atoms with Gasteiger partial charge in [-0.25, -0.2) is 4.39 Å². The lowest BCUT2D eigenvalue weighted by atomic mass is 9.97. The van der Waals surface area contributed by atoms with Gasteiger partial charge in [-0.05, 0) is 59.1 Å². The summed E-state index contributed by atoms with van der Waals surface area (Å²) in [7, 11) is 1.92. The van der Waals surface area contributed by atoms with Gasteiger partial charge in [0, 0.05) is 10.5 Å². The molecule has 2 rings (SSSR count). The van der Waals surface area contributed by atoms with Gasteiger partial charge in [0.2, 0.25) is 0 Å². The third kappa shape index (κ3) is 3.30. The second-order valence-electron chi connectivity index (χ2n) is 4.74. The predicted octanol–water partition coefficient (Wildman–Crippen LogP) is 5.16. The maximum Gasteiger partial charge on any atom is 0.137 e. The second kappa shape index (κ2) is 6.83. The Morgan fingerprint density at radius 1 is 1.10 bits per heavy atom. The van der Waals surface area contributed by atoms with E-state index >= 15 is 0 Å². The molecule has 0 amide bonds. The Morgan fingerprint density at radius 2 is 1.80 bits per heavy atom. The summed E-state index contributed by atoms with van der Waals surface area (Å²) in [5.74, 6) is -0.222. The molecular weight excluding hydrogens is 385 g/mol. The molecule has 0 saturated heterocycles. The van der Waals surface area contributed by atoms with Gasteiger partial charge >= 0.3 is 0 Å². The largest absolute Gasteiger partial charge is 0.313 e. The van der Waals surface area contributed by atoms with Crippen molar-refractivity contribution in [3.8, 4) is 0 Å². The van der Waals surface area contributed by atoms with Gasteiger partial charge in [-0.3, -0.25) is 0 Å². The minimum atomic E-state index is -0.222. The summed E-state index contributed by atoms with van der Waals surface area (Å²) < 4.78 is 15.3. The molecule has 1 unspecified atom stereocenters. The van der Waals surface area contributed by atoms with E-state index in [1.165, 1.54) is 17.2 Å². The van der Waals surface area contributed by atoms with Gasteiger partial charge in [0.25, 0.3) is 0 Å². The summed E-state index contributed by atoms with van der Waals surface area (Å²) in [6.45, 7) is 2.07. The lowest BCUT2D eigenvalue weighted by molar-refractivity contribution is 0.578. The fourth-order valence-electron chi connectivity index (χ4n) is 2.23. The molecule has 2 aromatic rings. The number of hydrogen-bond donors (Lipinski definition) is 1. The minimum Gasteiger partial charge on any atom is -0.313 e. The van der Waals surface area contributed by atoms with E-state index in [1.807, 2.05) is 19.2 Å². The molecule has 2 aromatic carbocycles. The number of likely N-dealkylation sites (N-methyl/N-ethyl adjacent to an activating group) is 1. The van der Waals surface area contributed by atoms with Crippen LogP contribution in [0.2, 0.25) is 0 Å². The second-order valence-corrected chi connectivity index (χ2v) is 6.32. The highest BCUT2D eigenvalue weighted by molar-refractivity contribution is 9.10. The Hall–Kier alpha value is -0.710. The van der Waals surface area contributed by atoms with Crippen LogP contribution in [0.4, 0.5) is 4.39 Å². The Morgan fingerprint density at radius 3 is 2.50 bits per heavy atom. The van der Waals surface area contributed by atoms with Crippen molar-refractivity contribution in [2.45, 2.75) is 19.4 Å². The molecular formula is C16H16Br2FN. The van der Waals surface area contributed by atoms with Crippen LogP contribution in [0.5, 0.6) is 0 Å². The topological polar surface area (TPSA) is 12.0 Å². The van der Waals surface area contributed by atoms with Crippen molar-refractivity contribution in [1.82, 2.24) is 5.32 Å². The molecule has 106 valence electrons. The van der Waals surface area contributed by atoms with Gasteiger partial charge < -0.3 is 5.32 Å². The van der Waals surface area contributed by atoms with Gasteiger partial charge in [0.1, 0.15) is 5.82 Å². The number of aryl methyl sites for hydroxylation is 1.